The van der Waals surface area contributed by atoms with Crippen LogP contribution in [0.1, 0.15) is 21.9 Å². The van der Waals surface area contributed by atoms with Crippen LogP contribution in [0.25, 0.3) is 0 Å². The number of nitrogens with one attached hydrogen (secondary N) is 2. The van der Waals surface area contributed by atoms with Gasteiger partial charge in [0.2, 0.25) is 5.78 Å². The summed E-state index contributed by atoms with van der Waals surface area (Å²) in [5.74, 6) is -0.308. The van der Waals surface area contributed by atoms with Crippen LogP contribution in [0.2, 0.25) is 0 Å². The molecule has 0 bridgehead atoms. The number of nitrogens with zero attached hydrogens (tertiary/aromatic N) is 1. The smallest absolute Gasteiger partial charge is 0.310 e. The minimum Gasteiger partial charge on any atom is -0.310 e. The topological polar surface area (TPSA) is 78.6 Å². The Kier molecular flexibility index (Phi) is 2.74. The number of carbonyl (C=O) groups is 1. The number of aromatic amines is 2. The Morgan fingerprint density at radius 2 is 2.12 bits per heavy atom. The molecule has 2 aromatic rings. The number of carbonyl (C=O) groups excluding carboxylic acids is 1. The molecule has 0 atom stereocenters. The second-order valence-electron chi connectivity index (χ2n) is 3.25. The number of hydrogen-bond acceptors (Lipinski definition) is 3. The van der Waals surface area contributed by atoms with Crippen molar-refractivity contribution in [3.8, 4) is 0 Å². The number of halogens is 1. The van der Waals surface area contributed by atoms with Crippen molar-refractivity contribution in [2.24, 2.45) is 0 Å². The van der Waals surface area contributed by atoms with E-state index in [2.05, 4.69) is 30.9 Å². The number of rotatable bonds is 2. The van der Waals surface area contributed by atoms with Gasteiger partial charge in [0.1, 0.15) is 16.0 Å². The third kappa shape index (κ3) is 1.96. The summed E-state index contributed by atoms with van der Waals surface area (Å²) in [5.41, 5.74) is 0.649. The molecule has 0 fully saturated rings. The molecule has 82 valence electrons. The Balaban J connectivity index is 2.47. The number of imidazole rings is 1. The molecule has 0 saturated carbocycles. The molecule has 2 rings (SSSR count). The van der Waals surface area contributed by atoms with E-state index in [-0.39, 0.29) is 17.2 Å². The monoisotopic (exact) mass is 281 g/mol. The van der Waals surface area contributed by atoms with Crippen LogP contribution in [-0.4, -0.2) is 20.7 Å². The predicted molar refractivity (Wildman–Crippen MR) is 61.5 cm³/mol. The maximum absolute atomic E-state index is 12.0. The number of H-pyrrole nitrogens is 2. The van der Waals surface area contributed by atoms with Crippen LogP contribution >= 0.6 is 15.9 Å². The zero-order chi connectivity index (χ0) is 11.7. The van der Waals surface area contributed by atoms with Gasteiger partial charge in [0.05, 0.1) is 0 Å². The lowest BCUT2D eigenvalue weighted by atomic mass is 10.2. The number of aromatic nitrogens is 3. The molecule has 2 N–H and O–H groups in total. The lowest BCUT2D eigenvalue weighted by Crippen LogP contribution is -2.08. The van der Waals surface area contributed by atoms with E-state index in [1.807, 2.05) is 0 Å². The molecule has 5 nitrogen and oxygen atoms in total. The Bertz CT molecular complexity index is 600. The van der Waals surface area contributed by atoms with Gasteiger partial charge in [0, 0.05) is 5.69 Å². The van der Waals surface area contributed by atoms with Crippen molar-refractivity contribution in [2.45, 2.75) is 6.92 Å². The standard InChI is InChI=1S/C10H8BrN3O2/c1-5-8(14-10(16)12-5)9(15)6-3-2-4-7(11)13-6/h2-4H,1H3,(H2,12,14,16). The van der Waals surface area contributed by atoms with Gasteiger partial charge in [-0.15, -0.1) is 0 Å². The molecule has 0 aliphatic heterocycles. The third-order valence-electron chi connectivity index (χ3n) is 2.09. The van der Waals surface area contributed by atoms with E-state index < -0.39 is 5.69 Å². The highest BCUT2D eigenvalue weighted by molar-refractivity contribution is 9.10. The highest BCUT2D eigenvalue weighted by Crippen LogP contribution is 2.10. The minimum absolute atomic E-state index is 0.246. The van der Waals surface area contributed by atoms with Crippen LogP contribution in [0.3, 0.4) is 0 Å². The zero-order valence-corrected chi connectivity index (χ0v) is 9.96. The van der Waals surface area contributed by atoms with E-state index in [4.69, 9.17) is 0 Å². The number of aryl methyl sites for hydroxylation is 1. The second-order valence-corrected chi connectivity index (χ2v) is 4.07. The summed E-state index contributed by atoms with van der Waals surface area (Å²) in [4.78, 5) is 32.0. The van der Waals surface area contributed by atoms with E-state index >= 15 is 0 Å². The molecule has 0 aromatic carbocycles. The van der Waals surface area contributed by atoms with E-state index in [0.29, 0.717) is 10.3 Å². The average molecular weight is 282 g/mol. The Morgan fingerprint density at radius 3 is 2.69 bits per heavy atom. The normalized spacial score (nSPS) is 10.4. The maximum atomic E-state index is 12.0. The van der Waals surface area contributed by atoms with Crippen molar-refractivity contribution in [3.63, 3.8) is 0 Å². The Labute approximate surface area is 99.1 Å². The SMILES string of the molecule is Cc1[nH]c(=O)[nH]c1C(=O)c1cccc(Br)n1. The molecule has 2 aromatic heterocycles. The molecular formula is C10H8BrN3O2. The summed E-state index contributed by atoms with van der Waals surface area (Å²) in [6.07, 6.45) is 0. The summed E-state index contributed by atoms with van der Waals surface area (Å²) in [7, 11) is 0. The molecule has 0 spiro atoms. The van der Waals surface area contributed by atoms with Crippen molar-refractivity contribution in [1.29, 1.82) is 0 Å². The van der Waals surface area contributed by atoms with E-state index in [9.17, 15) is 9.59 Å². The fraction of sp³-hybridized carbons (Fsp3) is 0.100. The van der Waals surface area contributed by atoms with Crippen LogP contribution in [0.5, 0.6) is 0 Å². The summed E-state index contributed by atoms with van der Waals surface area (Å²) < 4.78 is 0.578. The van der Waals surface area contributed by atoms with Gasteiger partial charge in [-0.2, -0.15) is 0 Å². The lowest BCUT2D eigenvalue weighted by molar-refractivity contribution is 0.102. The molecule has 0 unspecified atom stereocenters. The summed E-state index contributed by atoms with van der Waals surface area (Å²) in [6, 6.07) is 5.03. The molecule has 16 heavy (non-hydrogen) atoms. The molecule has 0 aliphatic carbocycles. The van der Waals surface area contributed by atoms with Gasteiger partial charge in [0.25, 0.3) is 0 Å². The summed E-state index contributed by atoms with van der Waals surface area (Å²) in [6.45, 7) is 1.66. The van der Waals surface area contributed by atoms with Crippen molar-refractivity contribution in [1.82, 2.24) is 15.0 Å². The molecule has 0 amide bonds. The highest BCUT2D eigenvalue weighted by Gasteiger charge is 2.15. The minimum atomic E-state index is -0.393. The van der Waals surface area contributed by atoms with E-state index in [0.717, 1.165) is 0 Å². The van der Waals surface area contributed by atoms with Gasteiger partial charge >= 0.3 is 5.69 Å². The van der Waals surface area contributed by atoms with Crippen molar-refractivity contribution in [3.05, 3.63) is 50.4 Å². The first kappa shape index (κ1) is 10.8. The number of pyridine rings is 1. The Hall–Kier alpha value is -1.69. The zero-order valence-electron chi connectivity index (χ0n) is 8.37. The van der Waals surface area contributed by atoms with Gasteiger partial charge in [0.15, 0.2) is 0 Å². The number of ketones is 1. The van der Waals surface area contributed by atoms with Crippen LogP contribution in [0.15, 0.2) is 27.6 Å². The predicted octanol–water partition coefficient (Wildman–Crippen LogP) is 1.40. The summed E-state index contributed by atoms with van der Waals surface area (Å²) in [5, 5.41) is 0. The molecule has 6 heteroatoms. The molecule has 0 aliphatic rings. The summed E-state index contributed by atoms with van der Waals surface area (Å²) >= 11 is 3.18. The largest absolute Gasteiger partial charge is 0.323 e. The van der Waals surface area contributed by atoms with Crippen LogP contribution in [0, 0.1) is 6.92 Å². The fourth-order valence-corrected chi connectivity index (χ4v) is 1.70. The second kappa shape index (κ2) is 4.05. The van der Waals surface area contributed by atoms with Gasteiger partial charge in [-0.1, -0.05) is 6.07 Å². The van der Waals surface area contributed by atoms with Gasteiger partial charge in [-0.05, 0) is 35.0 Å². The molecular weight excluding hydrogens is 274 g/mol. The van der Waals surface area contributed by atoms with Crippen molar-refractivity contribution in [2.75, 3.05) is 0 Å². The van der Waals surface area contributed by atoms with Crippen LogP contribution in [-0.2, 0) is 0 Å². The third-order valence-corrected chi connectivity index (χ3v) is 2.53. The first-order valence-electron chi connectivity index (χ1n) is 4.54. The van der Waals surface area contributed by atoms with E-state index in [1.54, 1.807) is 25.1 Å². The van der Waals surface area contributed by atoms with Gasteiger partial charge < -0.3 is 9.97 Å². The van der Waals surface area contributed by atoms with Crippen LogP contribution in [0.4, 0.5) is 0 Å². The molecule has 2 heterocycles. The molecule has 0 radical (unpaired) electrons. The quantitative estimate of drug-likeness (QED) is 0.645. The van der Waals surface area contributed by atoms with Gasteiger partial charge in [-0.3, -0.25) is 4.79 Å². The maximum Gasteiger partial charge on any atom is 0.323 e. The lowest BCUT2D eigenvalue weighted by Gasteiger charge is -1.98. The van der Waals surface area contributed by atoms with Crippen molar-refractivity contribution >= 4 is 21.7 Å². The van der Waals surface area contributed by atoms with E-state index in [1.165, 1.54) is 0 Å². The highest BCUT2D eigenvalue weighted by atomic mass is 79.9. The Morgan fingerprint density at radius 1 is 1.38 bits per heavy atom. The molecule has 0 saturated heterocycles. The first-order valence-corrected chi connectivity index (χ1v) is 5.33. The first-order chi connectivity index (χ1) is 7.58. The fourth-order valence-electron chi connectivity index (χ4n) is 1.36. The van der Waals surface area contributed by atoms with Crippen LogP contribution < -0.4 is 5.69 Å². The van der Waals surface area contributed by atoms with Crippen molar-refractivity contribution < 1.29 is 4.79 Å². The van der Waals surface area contributed by atoms with Gasteiger partial charge in [-0.25, -0.2) is 9.78 Å². The number of hydrogen-bond donors (Lipinski definition) is 2. The average Bonchev–Trinajstić information content (AvgIpc) is 2.57.